The van der Waals surface area contributed by atoms with Crippen molar-refractivity contribution in [3.8, 4) is 5.75 Å². The van der Waals surface area contributed by atoms with Gasteiger partial charge in [0, 0.05) is 18.8 Å². The monoisotopic (exact) mass is 519 g/mol. The molecule has 37 heavy (non-hydrogen) atoms. The molecule has 1 aromatic heterocycles. The number of hydrogen-bond donors (Lipinski definition) is 2. The summed E-state index contributed by atoms with van der Waals surface area (Å²) in [5.41, 5.74) is 6.36. The quantitative estimate of drug-likeness (QED) is 0.443. The molecule has 0 aliphatic carbocycles. The molecule has 2 atom stereocenters. The first kappa shape index (κ1) is 24.1. The lowest BCUT2D eigenvalue weighted by Crippen LogP contribution is -2.37. The molecule has 2 amide bonds. The number of rotatable bonds is 7. The van der Waals surface area contributed by atoms with Crippen LogP contribution in [0.2, 0.25) is 0 Å². The van der Waals surface area contributed by atoms with Crippen molar-refractivity contribution in [2.24, 2.45) is 16.0 Å². The first-order valence-electron chi connectivity index (χ1n) is 11.2. The van der Waals surface area contributed by atoms with Crippen LogP contribution in [0.15, 0.2) is 82.2 Å². The number of sulfonamides is 1. The molecule has 1 saturated heterocycles. The van der Waals surface area contributed by atoms with Crippen molar-refractivity contribution in [1.29, 1.82) is 0 Å². The molecule has 1 fully saturated rings. The highest BCUT2D eigenvalue weighted by atomic mass is 32.2. The van der Waals surface area contributed by atoms with E-state index in [4.69, 9.17) is 10.5 Å². The zero-order valence-corrected chi connectivity index (χ0v) is 20.1. The molecule has 2 aromatic carbocycles. The number of amidine groups is 1. The molecule has 3 N–H and O–H groups in total. The van der Waals surface area contributed by atoms with Gasteiger partial charge in [0.25, 0.3) is 15.9 Å². The normalized spacial score (nSPS) is 20.1. The number of benzene rings is 2. The number of nitrogens with zero attached hydrogens (tertiary/aromatic N) is 3. The number of Topliss-reactive ketones (excluding diaryl/α,β-unsaturated/α-hetero) is 1. The molecule has 0 spiro atoms. The van der Waals surface area contributed by atoms with Gasteiger partial charge in [-0.2, -0.15) is 8.42 Å². The fraction of sp³-hybridized carbons (Fsp3) is 0.160. The van der Waals surface area contributed by atoms with Crippen LogP contribution in [0.3, 0.4) is 0 Å². The Balaban J connectivity index is 1.51. The zero-order chi connectivity index (χ0) is 26.2. The minimum absolute atomic E-state index is 0.0962. The summed E-state index contributed by atoms with van der Waals surface area (Å²) in [7, 11) is -4.30. The van der Waals surface area contributed by atoms with E-state index in [2.05, 4.69) is 14.7 Å². The van der Waals surface area contributed by atoms with Gasteiger partial charge in [0.2, 0.25) is 5.91 Å². The van der Waals surface area contributed by atoms with Crippen molar-refractivity contribution >= 4 is 39.1 Å². The van der Waals surface area contributed by atoms with Crippen LogP contribution in [-0.2, 0) is 31.0 Å². The predicted molar refractivity (Wildman–Crippen MR) is 132 cm³/mol. The number of pyridine rings is 1. The Labute approximate surface area is 212 Å². The third-order valence-electron chi connectivity index (χ3n) is 5.93. The van der Waals surface area contributed by atoms with E-state index < -0.39 is 46.2 Å². The van der Waals surface area contributed by atoms with E-state index in [-0.39, 0.29) is 28.7 Å². The van der Waals surface area contributed by atoms with Crippen LogP contribution >= 0.6 is 0 Å². The fourth-order valence-corrected chi connectivity index (χ4v) is 5.47. The molecule has 0 saturated carbocycles. The molecule has 11 nitrogen and oxygen atoms in total. The van der Waals surface area contributed by atoms with Gasteiger partial charge in [-0.1, -0.05) is 36.4 Å². The largest absolute Gasteiger partial charge is 0.484 e. The average Bonchev–Trinajstić information content (AvgIpc) is 3.12. The molecule has 3 heterocycles. The minimum atomic E-state index is -4.30. The SMILES string of the molecule is NC(=O)COc1ccc2c(c1)S(=O)(=O)N=C(C1C(=O)C(c3ccccn3)N(Cc3ccccc3)C1=O)N2. The number of nitrogens with one attached hydrogen (secondary N) is 1. The Bertz CT molecular complexity index is 1530. The highest BCUT2D eigenvalue weighted by Gasteiger charge is 2.52. The Morgan fingerprint density at radius 3 is 2.51 bits per heavy atom. The van der Waals surface area contributed by atoms with E-state index >= 15 is 0 Å². The lowest BCUT2D eigenvalue weighted by Gasteiger charge is -2.23. The van der Waals surface area contributed by atoms with Crippen LogP contribution in [0.5, 0.6) is 5.75 Å². The van der Waals surface area contributed by atoms with Gasteiger partial charge in [-0.15, -0.1) is 4.40 Å². The van der Waals surface area contributed by atoms with Gasteiger partial charge in [-0.3, -0.25) is 19.4 Å². The van der Waals surface area contributed by atoms with Gasteiger partial charge >= 0.3 is 0 Å². The third kappa shape index (κ3) is 4.66. The van der Waals surface area contributed by atoms with Crippen LogP contribution in [0, 0.1) is 5.92 Å². The summed E-state index contributed by atoms with van der Waals surface area (Å²) in [6.45, 7) is -0.307. The maximum absolute atomic E-state index is 13.7. The maximum atomic E-state index is 13.7. The summed E-state index contributed by atoms with van der Waals surface area (Å²) in [6, 6.07) is 17.2. The summed E-state index contributed by atoms with van der Waals surface area (Å²) >= 11 is 0. The molecule has 3 aromatic rings. The average molecular weight is 520 g/mol. The Kier molecular flexibility index (Phi) is 6.17. The highest BCUT2D eigenvalue weighted by Crippen LogP contribution is 2.38. The fourth-order valence-electron chi connectivity index (χ4n) is 4.30. The van der Waals surface area contributed by atoms with Gasteiger partial charge in [-0.05, 0) is 29.8 Å². The van der Waals surface area contributed by atoms with E-state index in [1.807, 2.05) is 30.3 Å². The summed E-state index contributed by atoms with van der Waals surface area (Å²) in [6.07, 6.45) is 1.52. The number of nitrogens with two attached hydrogens (primary N) is 1. The first-order chi connectivity index (χ1) is 17.7. The van der Waals surface area contributed by atoms with Crippen molar-refractivity contribution in [1.82, 2.24) is 9.88 Å². The second-order valence-corrected chi connectivity index (χ2v) is 10.0. The maximum Gasteiger partial charge on any atom is 0.286 e. The van der Waals surface area contributed by atoms with Gasteiger partial charge in [0.1, 0.15) is 22.5 Å². The van der Waals surface area contributed by atoms with E-state index in [0.29, 0.717) is 5.69 Å². The summed E-state index contributed by atoms with van der Waals surface area (Å²) in [4.78, 5) is 43.7. The summed E-state index contributed by atoms with van der Waals surface area (Å²) in [5.74, 6) is -3.50. The topological polar surface area (TPSA) is 161 Å². The summed E-state index contributed by atoms with van der Waals surface area (Å²) in [5, 5.41) is 2.84. The molecule has 2 unspecified atom stereocenters. The molecule has 188 valence electrons. The lowest BCUT2D eigenvalue weighted by molar-refractivity contribution is -0.131. The number of anilines is 1. The minimum Gasteiger partial charge on any atom is -0.484 e. The molecule has 2 aliphatic heterocycles. The second kappa shape index (κ2) is 9.47. The van der Waals surface area contributed by atoms with Crippen molar-refractivity contribution in [3.63, 3.8) is 0 Å². The Hall–Kier alpha value is -4.58. The van der Waals surface area contributed by atoms with Gasteiger partial charge < -0.3 is 20.7 Å². The van der Waals surface area contributed by atoms with Crippen LogP contribution in [-0.4, -0.2) is 48.3 Å². The molecule has 0 bridgehead atoms. The summed E-state index contributed by atoms with van der Waals surface area (Å²) < 4.78 is 35.1. The van der Waals surface area contributed by atoms with Crippen LogP contribution in [0.4, 0.5) is 5.69 Å². The number of carbonyl (C=O) groups excluding carboxylic acids is 3. The number of amides is 2. The number of likely N-dealkylation sites (tertiary alicyclic amines) is 1. The van der Waals surface area contributed by atoms with Gasteiger partial charge in [0.05, 0.1) is 11.4 Å². The lowest BCUT2D eigenvalue weighted by atomic mass is 9.99. The molecule has 12 heteroatoms. The number of ketones is 1. The highest BCUT2D eigenvalue weighted by molar-refractivity contribution is 7.90. The Morgan fingerprint density at radius 1 is 1.05 bits per heavy atom. The number of aromatic nitrogens is 1. The van der Waals surface area contributed by atoms with Crippen molar-refractivity contribution < 1.29 is 27.5 Å². The number of ether oxygens (including phenoxy) is 1. The molecule has 5 rings (SSSR count). The third-order valence-corrected chi connectivity index (χ3v) is 7.26. The second-order valence-electron chi connectivity index (χ2n) is 8.43. The van der Waals surface area contributed by atoms with Crippen molar-refractivity contribution in [3.05, 3.63) is 84.2 Å². The van der Waals surface area contributed by atoms with E-state index in [0.717, 1.165) is 5.56 Å². The molecule has 0 radical (unpaired) electrons. The number of fused-ring (bicyclic) bond motifs is 1. The number of primary amides is 1. The van der Waals surface area contributed by atoms with Crippen molar-refractivity contribution in [2.75, 3.05) is 11.9 Å². The van der Waals surface area contributed by atoms with Crippen LogP contribution in [0.1, 0.15) is 17.3 Å². The first-order valence-corrected chi connectivity index (χ1v) is 12.6. The van der Waals surface area contributed by atoms with E-state index in [1.54, 1.807) is 18.2 Å². The van der Waals surface area contributed by atoms with Gasteiger partial charge in [-0.25, -0.2) is 0 Å². The van der Waals surface area contributed by atoms with Crippen molar-refractivity contribution in [2.45, 2.75) is 17.5 Å². The van der Waals surface area contributed by atoms with Crippen LogP contribution in [0.25, 0.3) is 0 Å². The molecular formula is C25H21N5O6S. The zero-order valence-electron chi connectivity index (χ0n) is 19.3. The predicted octanol–water partition coefficient (Wildman–Crippen LogP) is 1.43. The van der Waals surface area contributed by atoms with Gasteiger partial charge in [0.15, 0.2) is 18.3 Å². The Morgan fingerprint density at radius 2 is 1.81 bits per heavy atom. The van der Waals surface area contributed by atoms with E-state index in [1.165, 1.54) is 29.3 Å². The number of carbonyl (C=O) groups is 3. The van der Waals surface area contributed by atoms with Crippen LogP contribution < -0.4 is 15.8 Å². The molecule has 2 aliphatic rings. The van der Waals surface area contributed by atoms with E-state index in [9.17, 15) is 22.8 Å². The smallest absolute Gasteiger partial charge is 0.286 e. The number of hydrogen-bond acceptors (Lipinski definition) is 8. The standard InChI is InChI=1S/C25H21N5O6S/c26-20(31)14-36-16-9-10-17-19(12-16)37(34,35)29-24(28-17)21-23(32)22(18-8-4-5-11-27-18)30(25(21)33)13-15-6-2-1-3-7-15/h1-12,21-22H,13-14H2,(H2,26,31)(H,28,29). The molecular weight excluding hydrogens is 498 g/mol.